The van der Waals surface area contributed by atoms with E-state index in [1.54, 1.807) is 24.3 Å². The number of anilines is 1. The summed E-state index contributed by atoms with van der Waals surface area (Å²) in [6.45, 7) is 0.330. The minimum atomic E-state index is -0.651. The quantitative estimate of drug-likeness (QED) is 0.646. The van der Waals surface area contributed by atoms with Crippen molar-refractivity contribution >= 4 is 17.3 Å². The third-order valence-electron chi connectivity index (χ3n) is 3.45. The number of pyridine rings is 1. The van der Waals surface area contributed by atoms with Gasteiger partial charge in [0, 0.05) is 24.7 Å². The Bertz CT molecular complexity index is 730. The van der Waals surface area contributed by atoms with Gasteiger partial charge in [-0.15, -0.1) is 0 Å². The molecule has 0 fully saturated rings. The lowest BCUT2D eigenvalue weighted by atomic mass is 9.99. The van der Waals surface area contributed by atoms with Gasteiger partial charge >= 0.3 is 0 Å². The van der Waals surface area contributed by atoms with Crippen LogP contribution in [0.1, 0.15) is 22.3 Å². The minimum absolute atomic E-state index is 0.0239. The minimum Gasteiger partial charge on any atom is -0.411 e. The highest BCUT2D eigenvalue weighted by molar-refractivity contribution is 6.14. The van der Waals surface area contributed by atoms with Crippen LogP contribution in [0.2, 0.25) is 0 Å². The molecule has 106 valence electrons. The number of halogens is 1. The molecule has 5 nitrogen and oxygen atoms in total. The smallest absolute Gasteiger partial charge is 0.261 e. The van der Waals surface area contributed by atoms with E-state index in [1.807, 2.05) is 0 Å². The Morgan fingerprint density at radius 3 is 2.90 bits per heavy atom. The van der Waals surface area contributed by atoms with E-state index in [9.17, 15) is 9.18 Å². The Labute approximate surface area is 120 Å². The number of aromatic nitrogens is 1. The van der Waals surface area contributed by atoms with E-state index in [4.69, 9.17) is 5.21 Å². The molecule has 0 saturated carbocycles. The van der Waals surface area contributed by atoms with Crippen LogP contribution in [0.3, 0.4) is 0 Å². The second kappa shape index (κ2) is 5.32. The fraction of sp³-hybridized carbons (Fsp3) is 0.133. The molecule has 0 bridgehead atoms. The number of hydrogen-bond acceptors (Lipinski definition) is 4. The van der Waals surface area contributed by atoms with Crippen LogP contribution in [0.5, 0.6) is 0 Å². The predicted molar refractivity (Wildman–Crippen MR) is 75.3 cm³/mol. The number of carbonyl (C=O) groups is 1. The molecule has 6 heteroatoms. The topological polar surface area (TPSA) is 65.8 Å². The number of benzene rings is 1. The first-order chi connectivity index (χ1) is 10.2. The van der Waals surface area contributed by atoms with Gasteiger partial charge in [-0.25, -0.2) is 4.39 Å². The van der Waals surface area contributed by atoms with Crippen molar-refractivity contribution in [1.29, 1.82) is 0 Å². The van der Waals surface area contributed by atoms with E-state index < -0.39 is 11.7 Å². The van der Waals surface area contributed by atoms with Crippen molar-refractivity contribution in [3.8, 4) is 0 Å². The zero-order chi connectivity index (χ0) is 14.8. The maximum Gasteiger partial charge on any atom is 0.261 e. The van der Waals surface area contributed by atoms with E-state index in [1.165, 1.54) is 17.2 Å². The van der Waals surface area contributed by atoms with Crippen LogP contribution in [-0.2, 0) is 0 Å². The number of oxime groups is 1. The molecule has 1 aliphatic rings. The van der Waals surface area contributed by atoms with Gasteiger partial charge < -0.3 is 10.1 Å². The van der Waals surface area contributed by atoms with Crippen molar-refractivity contribution in [3.05, 3.63) is 59.7 Å². The average molecular weight is 285 g/mol. The molecule has 21 heavy (non-hydrogen) atoms. The second-order valence-corrected chi connectivity index (χ2v) is 4.63. The van der Waals surface area contributed by atoms with Gasteiger partial charge in [-0.2, -0.15) is 0 Å². The largest absolute Gasteiger partial charge is 0.411 e. The second-order valence-electron chi connectivity index (χ2n) is 4.63. The van der Waals surface area contributed by atoms with Gasteiger partial charge in [-0.1, -0.05) is 23.4 Å². The molecule has 0 saturated heterocycles. The van der Waals surface area contributed by atoms with Gasteiger partial charge in [0.05, 0.1) is 23.2 Å². The van der Waals surface area contributed by atoms with Crippen molar-refractivity contribution in [2.24, 2.45) is 5.16 Å². The van der Waals surface area contributed by atoms with Crippen molar-refractivity contribution < 1.29 is 14.4 Å². The van der Waals surface area contributed by atoms with Crippen LogP contribution in [0.25, 0.3) is 0 Å². The third kappa shape index (κ3) is 2.24. The summed E-state index contributed by atoms with van der Waals surface area (Å²) < 4.78 is 13.7. The Kier molecular flexibility index (Phi) is 3.35. The Morgan fingerprint density at radius 1 is 1.33 bits per heavy atom. The highest BCUT2D eigenvalue weighted by Gasteiger charge is 2.28. The van der Waals surface area contributed by atoms with E-state index in [2.05, 4.69) is 10.1 Å². The van der Waals surface area contributed by atoms with Crippen molar-refractivity contribution in [1.82, 2.24) is 4.98 Å². The maximum absolute atomic E-state index is 13.7. The first-order valence-electron chi connectivity index (χ1n) is 6.44. The Balaban J connectivity index is 2.05. The number of carbonyl (C=O) groups excluding carboxylic acids is 1. The van der Waals surface area contributed by atoms with E-state index >= 15 is 0 Å². The maximum atomic E-state index is 13.7. The van der Waals surface area contributed by atoms with Crippen molar-refractivity contribution in [2.75, 3.05) is 11.4 Å². The summed E-state index contributed by atoms with van der Waals surface area (Å²) in [7, 11) is 0. The first-order valence-corrected chi connectivity index (χ1v) is 6.44. The molecule has 0 radical (unpaired) electrons. The lowest BCUT2D eigenvalue weighted by Gasteiger charge is -2.29. The van der Waals surface area contributed by atoms with Gasteiger partial charge in [0.15, 0.2) is 5.82 Å². The first kappa shape index (κ1) is 13.2. The number of fused-ring (bicyclic) bond motifs is 1. The highest BCUT2D eigenvalue weighted by Crippen LogP contribution is 2.28. The molecule has 1 aliphatic heterocycles. The number of hydrogen-bond donors (Lipinski definition) is 1. The lowest BCUT2D eigenvalue weighted by molar-refractivity contribution is 0.0983. The van der Waals surface area contributed by atoms with Crippen LogP contribution in [0.4, 0.5) is 10.1 Å². The standard InChI is InChI=1S/C15H12FN3O2/c16-12-9-17-7-5-10(12)15(20)19-8-6-13(18-21)11-3-1-2-4-14(11)19/h1-5,7,9,21H,6,8H2. The summed E-state index contributed by atoms with van der Waals surface area (Å²) in [4.78, 5) is 17.7. The number of para-hydroxylation sites is 1. The number of nitrogens with zero attached hydrogens (tertiary/aromatic N) is 3. The van der Waals surface area contributed by atoms with Gasteiger partial charge in [0.2, 0.25) is 0 Å². The molecule has 2 aromatic rings. The molecule has 0 atom stereocenters. The SMILES string of the molecule is O=C(c1ccncc1F)N1CCC(=NO)c2ccccc21. The summed E-state index contributed by atoms with van der Waals surface area (Å²) in [5.41, 5.74) is 1.78. The van der Waals surface area contributed by atoms with Gasteiger partial charge in [0.1, 0.15) is 0 Å². The molecule has 0 aliphatic carbocycles. The number of amides is 1. The van der Waals surface area contributed by atoms with Crippen LogP contribution in [-0.4, -0.2) is 28.4 Å². The van der Waals surface area contributed by atoms with Crippen molar-refractivity contribution in [3.63, 3.8) is 0 Å². The average Bonchev–Trinajstić information content (AvgIpc) is 2.53. The van der Waals surface area contributed by atoms with Gasteiger partial charge in [0.25, 0.3) is 5.91 Å². The van der Waals surface area contributed by atoms with E-state index in [0.29, 0.717) is 29.9 Å². The molecule has 1 aromatic carbocycles. The van der Waals surface area contributed by atoms with Gasteiger partial charge in [-0.05, 0) is 12.1 Å². The fourth-order valence-electron chi connectivity index (χ4n) is 2.43. The number of rotatable bonds is 1. The van der Waals surface area contributed by atoms with E-state index in [0.717, 1.165) is 6.20 Å². The molecule has 0 unspecified atom stereocenters. The molecule has 2 heterocycles. The van der Waals surface area contributed by atoms with Crippen LogP contribution >= 0.6 is 0 Å². The Morgan fingerprint density at radius 2 is 2.14 bits per heavy atom. The molecular formula is C15H12FN3O2. The van der Waals surface area contributed by atoms with Crippen LogP contribution in [0.15, 0.2) is 47.9 Å². The Hall–Kier alpha value is -2.76. The van der Waals surface area contributed by atoms with Gasteiger partial charge in [-0.3, -0.25) is 9.78 Å². The third-order valence-corrected chi connectivity index (χ3v) is 3.45. The summed E-state index contributed by atoms with van der Waals surface area (Å²) in [6.07, 6.45) is 2.81. The summed E-state index contributed by atoms with van der Waals surface area (Å²) in [5, 5.41) is 12.3. The zero-order valence-electron chi connectivity index (χ0n) is 11.0. The molecular weight excluding hydrogens is 273 g/mol. The zero-order valence-corrected chi connectivity index (χ0v) is 11.0. The normalized spacial score (nSPS) is 15.9. The molecule has 1 aromatic heterocycles. The highest BCUT2D eigenvalue weighted by atomic mass is 19.1. The lowest BCUT2D eigenvalue weighted by Crippen LogP contribution is -2.38. The van der Waals surface area contributed by atoms with E-state index in [-0.39, 0.29) is 5.56 Å². The van der Waals surface area contributed by atoms with Crippen molar-refractivity contribution in [2.45, 2.75) is 6.42 Å². The fourth-order valence-corrected chi connectivity index (χ4v) is 2.43. The molecule has 3 rings (SSSR count). The molecule has 1 N–H and O–H groups in total. The molecule has 0 spiro atoms. The monoisotopic (exact) mass is 285 g/mol. The summed E-state index contributed by atoms with van der Waals surface area (Å²) >= 11 is 0. The molecule has 1 amide bonds. The summed E-state index contributed by atoms with van der Waals surface area (Å²) in [5.74, 6) is -1.08. The summed E-state index contributed by atoms with van der Waals surface area (Å²) in [6, 6.07) is 8.45. The van der Waals surface area contributed by atoms with Crippen LogP contribution < -0.4 is 4.90 Å². The predicted octanol–water partition coefficient (Wildman–Crippen LogP) is 2.45. The van der Waals surface area contributed by atoms with Crippen LogP contribution in [0, 0.1) is 5.82 Å².